The highest BCUT2D eigenvalue weighted by atomic mass is 19.4. The van der Waals surface area contributed by atoms with Crippen LogP contribution in [0.15, 0.2) is 30.3 Å². The Labute approximate surface area is 203 Å². The molecule has 6 nitrogen and oxygen atoms in total. The maximum absolute atomic E-state index is 13.5. The van der Waals surface area contributed by atoms with Crippen LogP contribution < -0.4 is 4.90 Å². The number of alkyl halides is 3. The van der Waals surface area contributed by atoms with Gasteiger partial charge in [-0.05, 0) is 63.0 Å². The molecule has 1 aromatic carbocycles. The van der Waals surface area contributed by atoms with Gasteiger partial charge in [0.1, 0.15) is 0 Å². The van der Waals surface area contributed by atoms with Gasteiger partial charge in [0.2, 0.25) is 5.91 Å². The summed E-state index contributed by atoms with van der Waals surface area (Å²) in [6.07, 6.45) is -0.101. The molecule has 2 aromatic rings. The first-order chi connectivity index (χ1) is 16.7. The lowest BCUT2D eigenvalue weighted by atomic mass is 9.85. The van der Waals surface area contributed by atoms with Crippen LogP contribution in [0.3, 0.4) is 0 Å². The number of Topliss-reactive ketones (excluding diaryl/α,β-unsaturated/α-hetero) is 1. The lowest BCUT2D eigenvalue weighted by molar-refractivity contribution is -0.142. The number of amides is 1. The van der Waals surface area contributed by atoms with Crippen molar-refractivity contribution in [2.45, 2.75) is 64.1 Å². The molecule has 4 rings (SSSR count). The van der Waals surface area contributed by atoms with Crippen molar-refractivity contribution in [2.75, 3.05) is 25.2 Å². The minimum Gasteiger partial charge on any atom is -0.381 e. The molecule has 0 N–H and O–H groups in total. The summed E-state index contributed by atoms with van der Waals surface area (Å²) in [5.41, 5.74) is 0.581. The second-order valence-corrected chi connectivity index (χ2v) is 9.60. The van der Waals surface area contributed by atoms with E-state index in [1.165, 1.54) is 4.68 Å². The number of carbonyl (C=O) groups is 2. The monoisotopic (exact) mass is 491 g/mol. The highest BCUT2D eigenvalue weighted by Gasteiger charge is 2.40. The Balaban J connectivity index is 1.52. The van der Waals surface area contributed by atoms with Gasteiger partial charge in [0, 0.05) is 49.5 Å². The second kappa shape index (κ2) is 10.9. The highest BCUT2D eigenvalue weighted by molar-refractivity contribution is 5.97. The van der Waals surface area contributed by atoms with Crippen LogP contribution in [0.1, 0.15) is 55.5 Å². The molecular weight excluding hydrogens is 459 g/mol. The summed E-state index contributed by atoms with van der Waals surface area (Å²) in [6, 6.07) is 9.22. The van der Waals surface area contributed by atoms with Gasteiger partial charge < -0.3 is 9.64 Å². The number of carbonyl (C=O) groups excluding carboxylic acids is 2. The fourth-order valence-electron chi connectivity index (χ4n) is 5.24. The van der Waals surface area contributed by atoms with Crippen LogP contribution in [0.5, 0.6) is 0 Å². The number of benzene rings is 1. The molecule has 9 heteroatoms. The number of rotatable bonds is 8. The first kappa shape index (κ1) is 25.4. The summed E-state index contributed by atoms with van der Waals surface area (Å²) in [5.74, 6) is -0.718. The number of anilines is 1. The summed E-state index contributed by atoms with van der Waals surface area (Å²) in [4.78, 5) is 28.1. The zero-order chi connectivity index (χ0) is 25.0. The third-order valence-electron chi connectivity index (χ3n) is 7.11. The molecule has 1 amide bonds. The molecule has 2 heterocycles. The van der Waals surface area contributed by atoms with Crippen molar-refractivity contribution < 1.29 is 27.5 Å². The Morgan fingerprint density at radius 2 is 1.83 bits per heavy atom. The molecule has 1 fully saturated rings. The van der Waals surface area contributed by atoms with Crippen molar-refractivity contribution in [1.82, 2.24) is 9.78 Å². The van der Waals surface area contributed by atoms with Gasteiger partial charge in [-0.1, -0.05) is 18.2 Å². The van der Waals surface area contributed by atoms with E-state index in [2.05, 4.69) is 5.10 Å². The van der Waals surface area contributed by atoms with Crippen LogP contribution in [0.4, 0.5) is 18.9 Å². The zero-order valence-electron chi connectivity index (χ0n) is 20.0. The van der Waals surface area contributed by atoms with Gasteiger partial charge >= 0.3 is 6.18 Å². The predicted molar refractivity (Wildman–Crippen MR) is 125 cm³/mol. The number of ketones is 1. The smallest absolute Gasteiger partial charge is 0.381 e. The van der Waals surface area contributed by atoms with Crippen LogP contribution in [0.2, 0.25) is 0 Å². The van der Waals surface area contributed by atoms with Gasteiger partial charge in [0.25, 0.3) is 0 Å². The van der Waals surface area contributed by atoms with Crippen LogP contribution >= 0.6 is 0 Å². The van der Waals surface area contributed by atoms with E-state index in [1.807, 2.05) is 30.3 Å². The molecule has 1 aromatic heterocycles. The Morgan fingerprint density at radius 1 is 1.14 bits per heavy atom. The molecule has 1 aliphatic heterocycles. The highest BCUT2D eigenvalue weighted by Crippen LogP contribution is 2.36. The molecule has 190 valence electrons. The Bertz CT molecular complexity index is 1030. The van der Waals surface area contributed by atoms with E-state index >= 15 is 0 Å². The molecule has 0 bridgehead atoms. The maximum atomic E-state index is 13.5. The molecule has 1 saturated heterocycles. The number of ether oxygens (including phenoxy) is 1. The number of nitrogens with zero attached hydrogens (tertiary/aromatic N) is 3. The summed E-state index contributed by atoms with van der Waals surface area (Å²) in [6.45, 7) is 1.02. The summed E-state index contributed by atoms with van der Waals surface area (Å²) < 4.78 is 47.3. The average Bonchev–Trinajstić information content (AvgIpc) is 3.23. The molecule has 0 radical (unpaired) electrons. The Morgan fingerprint density at radius 3 is 2.51 bits per heavy atom. The fraction of sp³-hybridized carbons (Fsp3) is 0.577. The molecule has 1 aliphatic carbocycles. The molecule has 1 atom stereocenters. The van der Waals surface area contributed by atoms with Crippen molar-refractivity contribution in [3.8, 4) is 0 Å². The minimum atomic E-state index is -4.55. The Kier molecular flexibility index (Phi) is 7.94. The van der Waals surface area contributed by atoms with Gasteiger partial charge in [0.15, 0.2) is 11.5 Å². The van der Waals surface area contributed by atoms with E-state index in [0.29, 0.717) is 44.6 Å². The number of para-hydroxylation sites is 1. The van der Waals surface area contributed by atoms with Gasteiger partial charge in [-0.3, -0.25) is 14.3 Å². The van der Waals surface area contributed by atoms with Crippen molar-refractivity contribution in [3.63, 3.8) is 0 Å². The van der Waals surface area contributed by atoms with Crippen molar-refractivity contribution in [3.05, 3.63) is 47.3 Å². The summed E-state index contributed by atoms with van der Waals surface area (Å²) >= 11 is 0. The van der Waals surface area contributed by atoms with Gasteiger partial charge in [-0.2, -0.15) is 18.3 Å². The number of aromatic nitrogens is 2. The van der Waals surface area contributed by atoms with Gasteiger partial charge in [-0.15, -0.1) is 0 Å². The van der Waals surface area contributed by atoms with Gasteiger partial charge in [-0.25, -0.2) is 0 Å². The van der Waals surface area contributed by atoms with E-state index in [4.69, 9.17) is 4.74 Å². The maximum Gasteiger partial charge on any atom is 0.435 e. The molecule has 0 spiro atoms. The minimum absolute atomic E-state index is 0.0245. The van der Waals surface area contributed by atoms with E-state index in [0.717, 1.165) is 24.9 Å². The first-order valence-corrected chi connectivity index (χ1v) is 12.3. The number of fused-ring (bicyclic) bond motifs is 1. The Hall–Kier alpha value is -2.68. The van der Waals surface area contributed by atoms with Gasteiger partial charge in [0.05, 0.1) is 6.54 Å². The van der Waals surface area contributed by atoms with E-state index in [-0.39, 0.29) is 36.1 Å². The van der Waals surface area contributed by atoms with Crippen molar-refractivity contribution in [1.29, 1.82) is 0 Å². The molecule has 0 saturated carbocycles. The zero-order valence-corrected chi connectivity index (χ0v) is 20.0. The third kappa shape index (κ3) is 6.12. The second-order valence-electron chi connectivity index (χ2n) is 9.60. The van der Waals surface area contributed by atoms with Crippen LogP contribution in [0, 0.1) is 11.8 Å². The molecule has 0 unspecified atom stereocenters. The summed E-state index contributed by atoms with van der Waals surface area (Å²) in [5, 5.41) is 3.81. The molecule has 2 aliphatic rings. The predicted octanol–water partition coefficient (Wildman–Crippen LogP) is 4.84. The number of halogens is 3. The summed E-state index contributed by atoms with van der Waals surface area (Å²) in [7, 11) is 1.69. The average molecular weight is 492 g/mol. The number of hydrogen-bond donors (Lipinski definition) is 0. The standard InChI is InChI=1S/C26H32F3N3O3/c1-31(20-7-3-2-4-8-20)25(34)19(15-18-11-13-35-14-12-18)16-21(33)17-32-23-10-6-5-9-22(23)24(30-32)26(27,28)29/h2-4,7-8,18-19H,5-6,9-17H2,1H3/t19-/m1/s1. The molecule has 35 heavy (non-hydrogen) atoms. The topological polar surface area (TPSA) is 64.4 Å². The number of hydrogen-bond acceptors (Lipinski definition) is 4. The van der Waals surface area contributed by atoms with Crippen LogP contribution in [-0.2, 0) is 39.9 Å². The van der Waals surface area contributed by atoms with E-state index < -0.39 is 17.8 Å². The fourth-order valence-corrected chi connectivity index (χ4v) is 5.24. The quantitative estimate of drug-likeness (QED) is 0.530. The van der Waals surface area contributed by atoms with Crippen molar-refractivity contribution >= 4 is 17.4 Å². The lowest BCUT2D eigenvalue weighted by Gasteiger charge is -2.29. The first-order valence-electron chi connectivity index (χ1n) is 12.3. The third-order valence-corrected chi connectivity index (χ3v) is 7.11. The van der Waals surface area contributed by atoms with E-state index in [1.54, 1.807) is 11.9 Å². The van der Waals surface area contributed by atoms with Crippen LogP contribution in [0.25, 0.3) is 0 Å². The largest absolute Gasteiger partial charge is 0.435 e. The van der Waals surface area contributed by atoms with Crippen LogP contribution in [-0.4, -0.2) is 41.7 Å². The van der Waals surface area contributed by atoms with E-state index in [9.17, 15) is 22.8 Å². The van der Waals surface area contributed by atoms with Crippen molar-refractivity contribution in [2.24, 2.45) is 11.8 Å². The lowest BCUT2D eigenvalue weighted by Crippen LogP contribution is -2.36. The molecular formula is C26H32F3N3O3. The normalized spacial score (nSPS) is 17.6. The SMILES string of the molecule is CN(C(=O)[C@@H](CC(=O)Cn1nc(C(F)(F)F)c2c1CCCC2)CC1CCOCC1)c1ccccc1.